The summed E-state index contributed by atoms with van der Waals surface area (Å²) in [6, 6.07) is 7.57. The number of nitrogens with zero attached hydrogens (tertiary/aromatic N) is 1. The van der Waals surface area contributed by atoms with Crippen LogP contribution in [0.4, 0.5) is 0 Å². The van der Waals surface area contributed by atoms with Crippen LogP contribution in [0.2, 0.25) is 0 Å². The number of ether oxygens (including phenoxy) is 1. The second kappa shape index (κ2) is 6.02. The predicted octanol–water partition coefficient (Wildman–Crippen LogP) is 3.04. The Hall–Kier alpha value is -1.33. The lowest BCUT2D eigenvalue weighted by Gasteiger charge is -2.03. The van der Waals surface area contributed by atoms with E-state index >= 15 is 0 Å². The van der Waals surface area contributed by atoms with Gasteiger partial charge in [-0.1, -0.05) is 21.1 Å². The summed E-state index contributed by atoms with van der Waals surface area (Å²) in [6.45, 7) is 0.152. The number of aliphatic hydroxyl groups excluding tert-OH is 1. The van der Waals surface area contributed by atoms with Gasteiger partial charge in [-0.25, -0.2) is 0 Å². The quantitative estimate of drug-likeness (QED) is 0.922. The summed E-state index contributed by atoms with van der Waals surface area (Å²) in [5, 5.41) is 12.8. The van der Waals surface area contributed by atoms with Crippen molar-refractivity contribution in [3.05, 3.63) is 34.5 Å². The SMILES string of the molecule is COc1ccc(Br)c(-c2cc(CCCO)on2)c1. The van der Waals surface area contributed by atoms with Crippen LogP contribution in [-0.2, 0) is 6.42 Å². The second-order valence-electron chi connectivity index (χ2n) is 3.85. The molecule has 0 spiro atoms. The monoisotopic (exact) mass is 311 g/mol. The Morgan fingerprint density at radius 3 is 2.94 bits per heavy atom. The van der Waals surface area contributed by atoms with Gasteiger partial charge in [0.1, 0.15) is 17.2 Å². The van der Waals surface area contributed by atoms with Gasteiger partial charge in [-0.3, -0.25) is 0 Å². The highest BCUT2D eigenvalue weighted by Crippen LogP contribution is 2.31. The van der Waals surface area contributed by atoms with Crippen molar-refractivity contribution in [3.63, 3.8) is 0 Å². The Bertz CT molecular complexity index is 525. The van der Waals surface area contributed by atoms with Crippen LogP contribution in [0.15, 0.2) is 33.3 Å². The Balaban J connectivity index is 2.27. The minimum absolute atomic E-state index is 0.152. The minimum Gasteiger partial charge on any atom is -0.497 e. The number of halogens is 1. The van der Waals surface area contributed by atoms with Crippen molar-refractivity contribution in [2.75, 3.05) is 13.7 Å². The number of aryl methyl sites for hydroxylation is 1. The van der Waals surface area contributed by atoms with E-state index in [1.54, 1.807) is 7.11 Å². The molecule has 96 valence electrons. The molecular formula is C13H14BrNO3. The van der Waals surface area contributed by atoms with E-state index in [-0.39, 0.29) is 6.61 Å². The zero-order valence-corrected chi connectivity index (χ0v) is 11.6. The third kappa shape index (κ3) is 2.91. The third-order valence-electron chi connectivity index (χ3n) is 2.59. The molecule has 0 fully saturated rings. The highest BCUT2D eigenvalue weighted by Gasteiger charge is 2.10. The van der Waals surface area contributed by atoms with Gasteiger partial charge in [0.15, 0.2) is 0 Å². The number of benzene rings is 1. The molecule has 0 atom stereocenters. The molecule has 1 aromatic carbocycles. The van der Waals surface area contributed by atoms with Crippen molar-refractivity contribution < 1.29 is 14.4 Å². The van der Waals surface area contributed by atoms with Gasteiger partial charge in [-0.2, -0.15) is 0 Å². The van der Waals surface area contributed by atoms with E-state index in [1.807, 2.05) is 24.3 Å². The summed E-state index contributed by atoms with van der Waals surface area (Å²) >= 11 is 3.48. The molecule has 0 amide bonds. The molecule has 2 rings (SSSR count). The van der Waals surface area contributed by atoms with Crippen molar-refractivity contribution in [3.8, 4) is 17.0 Å². The lowest BCUT2D eigenvalue weighted by Crippen LogP contribution is -1.86. The zero-order chi connectivity index (χ0) is 13.0. The first kappa shape index (κ1) is 13.1. The lowest BCUT2D eigenvalue weighted by molar-refractivity contribution is 0.280. The van der Waals surface area contributed by atoms with Gasteiger partial charge in [0.25, 0.3) is 0 Å². The van der Waals surface area contributed by atoms with Gasteiger partial charge in [0.05, 0.1) is 7.11 Å². The van der Waals surface area contributed by atoms with Crippen molar-refractivity contribution in [1.29, 1.82) is 0 Å². The molecule has 18 heavy (non-hydrogen) atoms. The molecule has 5 heteroatoms. The fourth-order valence-corrected chi connectivity index (χ4v) is 2.09. The first-order valence-electron chi connectivity index (χ1n) is 5.65. The van der Waals surface area contributed by atoms with Crippen LogP contribution in [0.1, 0.15) is 12.2 Å². The largest absolute Gasteiger partial charge is 0.497 e. The Labute approximate surface area is 114 Å². The fraction of sp³-hybridized carbons (Fsp3) is 0.308. The zero-order valence-electron chi connectivity index (χ0n) is 10.0. The van der Waals surface area contributed by atoms with Crippen LogP contribution in [0.5, 0.6) is 5.75 Å². The molecule has 0 aliphatic rings. The molecule has 2 aromatic rings. The van der Waals surface area contributed by atoms with Crippen LogP contribution < -0.4 is 4.74 Å². The van der Waals surface area contributed by atoms with E-state index in [4.69, 9.17) is 14.4 Å². The summed E-state index contributed by atoms with van der Waals surface area (Å²) in [7, 11) is 1.63. The van der Waals surface area contributed by atoms with E-state index in [9.17, 15) is 0 Å². The first-order valence-corrected chi connectivity index (χ1v) is 6.44. The van der Waals surface area contributed by atoms with Gasteiger partial charge >= 0.3 is 0 Å². The normalized spacial score (nSPS) is 10.6. The molecule has 0 aliphatic heterocycles. The number of methoxy groups -OCH3 is 1. The highest BCUT2D eigenvalue weighted by molar-refractivity contribution is 9.10. The summed E-state index contributed by atoms with van der Waals surface area (Å²) in [5.74, 6) is 1.54. The predicted molar refractivity (Wildman–Crippen MR) is 71.6 cm³/mol. The number of aliphatic hydroxyl groups is 1. The highest BCUT2D eigenvalue weighted by atomic mass is 79.9. The van der Waals surface area contributed by atoms with Gasteiger partial charge in [0.2, 0.25) is 0 Å². The number of rotatable bonds is 5. The third-order valence-corrected chi connectivity index (χ3v) is 3.28. The summed E-state index contributed by atoms with van der Waals surface area (Å²) in [6.07, 6.45) is 1.36. The van der Waals surface area contributed by atoms with Crippen molar-refractivity contribution in [1.82, 2.24) is 5.16 Å². The van der Waals surface area contributed by atoms with E-state index in [0.29, 0.717) is 12.8 Å². The lowest BCUT2D eigenvalue weighted by atomic mass is 10.1. The Kier molecular flexibility index (Phi) is 4.38. The van der Waals surface area contributed by atoms with Crippen LogP contribution in [0, 0.1) is 0 Å². The maximum Gasteiger partial charge on any atom is 0.137 e. The second-order valence-corrected chi connectivity index (χ2v) is 4.71. The molecule has 0 saturated carbocycles. The molecular weight excluding hydrogens is 298 g/mol. The standard InChI is InChI=1S/C13H14BrNO3/c1-17-9-4-5-12(14)11(7-9)13-8-10(18-15-13)3-2-6-16/h4-5,7-8,16H,2-3,6H2,1H3. The minimum atomic E-state index is 0.152. The van der Waals surface area contributed by atoms with Crippen LogP contribution >= 0.6 is 15.9 Å². The van der Waals surface area contributed by atoms with E-state index in [1.165, 1.54) is 0 Å². The van der Waals surface area contributed by atoms with Crippen molar-refractivity contribution in [2.45, 2.75) is 12.8 Å². The molecule has 1 aromatic heterocycles. The molecule has 4 nitrogen and oxygen atoms in total. The van der Waals surface area contributed by atoms with Crippen LogP contribution in [0.25, 0.3) is 11.3 Å². The number of hydrogen-bond acceptors (Lipinski definition) is 4. The van der Waals surface area contributed by atoms with Crippen molar-refractivity contribution >= 4 is 15.9 Å². The van der Waals surface area contributed by atoms with Crippen LogP contribution in [0.3, 0.4) is 0 Å². The van der Waals surface area contributed by atoms with Gasteiger partial charge in [-0.15, -0.1) is 0 Å². The number of hydrogen-bond donors (Lipinski definition) is 1. The molecule has 0 aliphatic carbocycles. The fourth-order valence-electron chi connectivity index (χ4n) is 1.64. The smallest absolute Gasteiger partial charge is 0.137 e. The maximum atomic E-state index is 8.78. The summed E-state index contributed by atoms with van der Waals surface area (Å²) in [5.41, 5.74) is 1.68. The van der Waals surface area contributed by atoms with Gasteiger partial charge < -0.3 is 14.4 Å². The average molecular weight is 312 g/mol. The maximum absolute atomic E-state index is 8.78. The van der Waals surface area contributed by atoms with E-state index in [2.05, 4.69) is 21.1 Å². The van der Waals surface area contributed by atoms with Crippen LogP contribution in [-0.4, -0.2) is 24.0 Å². The van der Waals surface area contributed by atoms with Crippen molar-refractivity contribution in [2.24, 2.45) is 0 Å². The van der Waals surface area contributed by atoms with Gasteiger partial charge in [0, 0.05) is 29.1 Å². The average Bonchev–Trinajstić information content (AvgIpc) is 2.85. The Morgan fingerprint density at radius 1 is 1.39 bits per heavy atom. The Morgan fingerprint density at radius 2 is 2.22 bits per heavy atom. The summed E-state index contributed by atoms with van der Waals surface area (Å²) in [4.78, 5) is 0. The molecule has 0 bridgehead atoms. The van der Waals surface area contributed by atoms with Gasteiger partial charge in [-0.05, 0) is 24.6 Å². The summed E-state index contributed by atoms with van der Waals surface area (Å²) < 4.78 is 11.4. The first-order chi connectivity index (χ1) is 8.74. The molecule has 0 unspecified atom stereocenters. The molecule has 1 heterocycles. The number of aromatic nitrogens is 1. The topological polar surface area (TPSA) is 55.5 Å². The van der Waals surface area contributed by atoms with E-state index < -0.39 is 0 Å². The molecule has 0 radical (unpaired) electrons. The molecule has 0 saturated heterocycles. The molecule has 1 N–H and O–H groups in total. The van der Waals surface area contributed by atoms with E-state index in [0.717, 1.165) is 27.2 Å².